The molecule has 0 aliphatic heterocycles. The first-order valence-electron chi connectivity index (χ1n) is 6.84. The van der Waals surface area contributed by atoms with Crippen LogP contribution in [0.3, 0.4) is 0 Å². The van der Waals surface area contributed by atoms with E-state index in [-0.39, 0.29) is 24.5 Å². The predicted molar refractivity (Wildman–Crippen MR) is 91.3 cm³/mol. The average Bonchev–Trinajstić information content (AvgIpc) is 2.99. The number of benzene rings is 1. The number of para-hydroxylation sites is 1. The molecule has 2 rings (SSSR count). The van der Waals surface area contributed by atoms with Gasteiger partial charge in [-0.2, -0.15) is 0 Å². The Kier molecular flexibility index (Phi) is 6.39. The highest BCUT2D eigenvalue weighted by molar-refractivity contribution is 9.10. The first-order valence-corrected chi connectivity index (χ1v) is 8.01. The lowest BCUT2D eigenvalue weighted by atomic mass is 10.2. The first kappa shape index (κ1) is 18.0. The van der Waals surface area contributed by atoms with Gasteiger partial charge >= 0.3 is 5.91 Å². The van der Waals surface area contributed by atoms with E-state index in [0.29, 0.717) is 15.4 Å². The fraction of sp³-hybridized carbons (Fsp3) is 0.133. The van der Waals surface area contributed by atoms with Crippen LogP contribution in [0.4, 0.5) is 5.69 Å². The monoisotopic (exact) mass is 413 g/mol. The van der Waals surface area contributed by atoms with Crippen LogP contribution in [-0.2, 0) is 9.59 Å². The number of hydrogen-bond acceptors (Lipinski definition) is 4. The quantitative estimate of drug-likeness (QED) is 0.655. The number of hydrogen-bond donors (Lipinski definition) is 3. The molecule has 0 saturated carbocycles. The number of halogens is 2. The molecule has 0 radical (unpaired) electrons. The van der Waals surface area contributed by atoms with E-state index < -0.39 is 11.8 Å². The Morgan fingerprint density at radius 2 is 1.71 bits per heavy atom. The number of furan rings is 1. The first-order chi connectivity index (χ1) is 11.5. The van der Waals surface area contributed by atoms with Crippen molar-refractivity contribution in [1.82, 2.24) is 10.9 Å². The minimum absolute atomic E-state index is 0.0404. The van der Waals surface area contributed by atoms with E-state index in [0.717, 1.165) is 0 Å². The van der Waals surface area contributed by atoms with E-state index >= 15 is 0 Å². The van der Waals surface area contributed by atoms with Crippen molar-refractivity contribution in [3.05, 3.63) is 51.9 Å². The van der Waals surface area contributed by atoms with Crippen molar-refractivity contribution in [2.45, 2.75) is 12.8 Å². The molecule has 0 bridgehead atoms. The second kappa shape index (κ2) is 8.51. The van der Waals surface area contributed by atoms with Gasteiger partial charge in [-0.1, -0.05) is 23.7 Å². The molecule has 9 heteroatoms. The maximum Gasteiger partial charge on any atom is 0.305 e. The fourth-order valence-corrected chi connectivity index (χ4v) is 2.18. The topological polar surface area (TPSA) is 100 Å². The third-order valence-corrected chi connectivity index (χ3v) is 3.60. The van der Waals surface area contributed by atoms with Gasteiger partial charge in [-0.05, 0) is 40.2 Å². The third-order valence-electron chi connectivity index (χ3n) is 2.84. The molecule has 0 aliphatic rings. The Labute approximate surface area is 150 Å². The minimum Gasteiger partial charge on any atom is -0.444 e. The molecule has 0 atom stereocenters. The maximum absolute atomic E-state index is 11.8. The van der Waals surface area contributed by atoms with E-state index in [9.17, 15) is 14.4 Å². The second-order valence-corrected chi connectivity index (χ2v) is 5.82. The number of hydrazine groups is 1. The van der Waals surface area contributed by atoms with E-state index in [1.807, 2.05) is 0 Å². The zero-order chi connectivity index (χ0) is 17.5. The van der Waals surface area contributed by atoms with Gasteiger partial charge < -0.3 is 9.73 Å². The third kappa shape index (κ3) is 5.39. The molecule has 0 spiro atoms. The van der Waals surface area contributed by atoms with Gasteiger partial charge in [-0.15, -0.1) is 0 Å². The molecule has 24 heavy (non-hydrogen) atoms. The lowest BCUT2D eigenvalue weighted by Crippen LogP contribution is -2.41. The summed E-state index contributed by atoms with van der Waals surface area (Å²) in [6, 6.07) is 9.77. The smallest absolute Gasteiger partial charge is 0.305 e. The summed E-state index contributed by atoms with van der Waals surface area (Å²) in [5.74, 6) is -1.43. The van der Waals surface area contributed by atoms with Gasteiger partial charge in [0.05, 0.1) is 10.7 Å². The Morgan fingerprint density at radius 1 is 1.00 bits per heavy atom. The summed E-state index contributed by atoms with van der Waals surface area (Å²) in [7, 11) is 0. The van der Waals surface area contributed by atoms with Gasteiger partial charge in [0.2, 0.25) is 11.8 Å². The molecule has 7 nitrogen and oxygen atoms in total. The number of anilines is 1. The molecule has 1 aromatic carbocycles. The van der Waals surface area contributed by atoms with Crippen LogP contribution in [-0.4, -0.2) is 17.7 Å². The number of amides is 3. The average molecular weight is 415 g/mol. The van der Waals surface area contributed by atoms with E-state index in [4.69, 9.17) is 16.0 Å². The van der Waals surface area contributed by atoms with Crippen LogP contribution < -0.4 is 16.2 Å². The molecule has 0 unspecified atom stereocenters. The molecule has 3 amide bonds. The maximum atomic E-state index is 11.8. The predicted octanol–water partition coefficient (Wildman–Crippen LogP) is 2.88. The highest BCUT2D eigenvalue weighted by atomic mass is 79.9. The van der Waals surface area contributed by atoms with Crippen molar-refractivity contribution in [3.63, 3.8) is 0 Å². The SMILES string of the molecule is O=C(CCC(=O)Nc1ccccc1Cl)NNC(=O)c1ccc(Br)o1. The Hall–Kier alpha value is -2.32. The van der Waals surface area contributed by atoms with E-state index in [2.05, 4.69) is 32.1 Å². The van der Waals surface area contributed by atoms with Gasteiger partial charge in [0, 0.05) is 12.8 Å². The summed E-state index contributed by atoms with van der Waals surface area (Å²) >= 11 is 8.99. The highest BCUT2D eigenvalue weighted by Gasteiger charge is 2.12. The molecule has 0 fully saturated rings. The van der Waals surface area contributed by atoms with Crippen LogP contribution in [0.15, 0.2) is 45.5 Å². The highest BCUT2D eigenvalue weighted by Crippen LogP contribution is 2.20. The summed E-state index contributed by atoms with van der Waals surface area (Å²) in [5, 5.41) is 3.01. The summed E-state index contributed by atoms with van der Waals surface area (Å²) in [6.45, 7) is 0. The number of carbonyl (C=O) groups is 3. The summed E-state index contributed by atoms with van der Waals surface area (Å²) in [4.78, 5) is 35.1. The normalized spacial score (nSPS) is 10.1. The van der Waals surface area contributed by atoms with Crippen LogP contribution in [0.5, 0.6) is 0 Å². The molecule has 0 aliphatic carbocycles. The zero-order valence-electron chi connectivity index (χ0n) is 12.3. The largest absolute Gasteiger partial charge is 0.444 e. The molecule has 3 N–H and O–H groups in total. The molecular formula is C15H13BrClN3O4. The lowest BCUT2D eigenvalue weighted by Gasteiger charge is -2.08. The van der Waals surface area contributed by atoms with Crippen molar-refractivity contribution in [2.75, 3.05) is 5.32 Å². The van der Waals surface area contributed by atoms with E-state index in [1.54, 1.807) is 30.3 Å². The standard InChI is InChI=1S/C15H13BrClN3O4/c16-12-6-5-11(24-12)15(23)20-19-14(22)8-7-13(21)18-10-4-2-1-3-9(10)17/h1-6H,7-8H2,(H,18,21)(H,19,22)(H,20,23). The molecule has 0 saturated heterocycles. The number of carbonyl (C=O) groups excluding carboxylic acids is 3. The van der Waals surface area contributed by atoms with Gasteiger partial charge in [-0.25, -0.2) is 0 Å². The second-order valence-electron chi connectivity index (χ2n) is 4.63. The number of nitrogens with one attached hydrogen (secondary N) is 3. The zero-order valence-corrected chi connectivity index (χ0v) is 14.6. The van der Waals surface area contributed by atoms with Gasteiger partial charge in [0.15, 0.2) is 10.4 Å². The van der Waals surface area contributed by atoms with Crippen LogP contribution in [0.1, 0.15) is 23.4 Å². The molecular weight excluding hydrogens is 402 g/mol. The van der Waals surface area contributed by atoms with Crippen LogP contribution >= 0.6 is 27.5 Å². The van der Waals surface area contributed by atoms with Crippen LogP contribution in [0, 0.1) is 0 Å². The molecule has 126 valence electrons. The Bertz CT molecular complexity index is 763. The summed E-state index contributed by atoms with van der Waals surface area (Å²) in [6.07, 6.45) is -0.155. The van der Waals surface area contributed by atoms with Gasteiger partial charge in [0.25, 0.3) is 0 Å². The Morgan fingerprint density at radius 3 is 2.38 bits per heavy atom. The molecule has 2 aromatic rings. The number of rotatable bonds is 5. The van der Waals surface area contributed by atoms with E-state index in [1.165, 1.54) is 6.07 Å². The molecule has 1 aromatic heterocycles. The van der Waals surface area contributed by atoms with Gasteiger partial charge in [0.1, 0.15) is 0 Å². The van der Waals surface area contributed by atoms with Crippen molar-refractivity contribution < 1.29 is 18.8 Å². The van der Waals surface area contributed by atoms with Crippen molar-refractivity contribution in [2.24, 2.45) is 0 Å². The van der Waals surface area contributed by atoms with Crippen LogP contribution in [0.25, 0.3) is 0 Å². The van der Waals surface area contributed by atoms with Crippen molar-refractivity contribution in [3.8, 4) is 0 Å². The summed E-state index contributed by atoms with van der Waals surface area (Å²) < 4.78 is 5.43. The fourth-order valence-electron chi connectivity index (χ4n) is 1.69. The Balaban J connectivity index is 1.72. The van der Waals surface area contributed by atoms with Gasteiger partial charge in [-0.3, -0.25) is 25.2 Å². The van der Waals surface area contributed by atoms with Crippen molar-refractivity contribution in [1.29, 1.82) is 0 Å². The lowest BCUT2D eigenvalue weighted by molar-refractivity contribution is -0.124. The van der Waals surface area contributed by atoms with Crippen molar-refractivity contribution >= 4 is 50.9 Å². The summed E-state index contributed by atoms with van der Waals surface area (Å²) in [5.41, 5.74) is 4.86. The molecule has 1 heterocycles. The van der Waals surface area contributed by atoms with Crippen LogP contribution in [0.2, 0.25) is 5.02 Å². The minimum atomic E-state index is -0.602.